The minimum atomic E-state index is -0.527. The molecule has 6 nitrogen and oxygen atoms in total. The Morgan fingerprint density at radius 2 is 1.86 bits per heavy atom. The van der Waals surface area contributed by atoms with Gasteiger partial charge in [-0.1, -0.05) is 23.2 Å². The molecule has 146 valence electrons. The Labute approximate surface area is 171 Å². The van der Waals surface area contributed by atoms with E-state index in [1.807, 2.05) is 12.1 Å². The maximum Gasteiger partial charge on any atom is 0.417 e. The van der Waals surface area contributed by atoms with Crippen molar-refractivity contribution in [2.45, 2.75) is 12.8 Å². The number of aromatic nitrogens is 1. The highest BCUT2D eigenvalue weighted by atomic mass is 35.5. The van der Waals surface area contributed by atoms with E-state index in [-0.39, 0.29) is 5.91 Å². The molecule has 0 saturated carbocycles. The fourth-order valence-electron chi connectivity index (χ4n) is 3.54. The molecule has 28 heavy (non-hydrogen) atoms. The molecule has 2 N–H and O–H groups in total. The number of H-pyrrole nitrogens is 1. The van der Waals surface area contributed by atoms with Crippen LogP contribution in [0, 0.1) is 5.92 Å². The van der Waals surface area contributed by atoms with E-state index in [9.17, 15) is 9.59 Å². The standard InChI is InChI=1S/C20H19Cl2N3O3/c21-14-8-15(22)10-16(9-14)25-5-3-12(4-6-25)11-23-19(26)13-1-2-17-18(7-13)28-20(27)24-17/h1-2,7-10,12H,3-6,11H2,(H,23,26)(H,24,27). The monoisotopic (exact) mass is 419 g/mol. The van der Waals surface area contributed by atoms with Gasteiger partial charge in [-0.2, -0.15) is 0 Å². The molecule has 1 amide bonds. The van der Waals surface area contributed by atoms with Crippen LogP contribution in [0.4, 0.5) is 5.69 Å². The summed E-state index contributed by atoms with van der Waals surface area (Å²) < 4.78 is 5.01. The molecule has 0 atom stereocenters. The van der Waals surface area contributed by atoms with Crippen molar-refractivity contribution in [3.8, 4) is 0 Å². The number of anilines is 1. The summed E-state index contributed by atoms with van der Waals surface area (Å²) in [5.74, 6) is -0.293. The average Bonchev–Trinajstić information content (AvgIpc) is 3.05. The number of aromatic amines is 1. The van der Waals surface area contributed by atoms with Crippen molar-refractivity contribution in [1.29, 1.82) is 0 Å². The molecule has 0 radical (unpaired) electrons. The normalized spacial score (nSPS) is 15.1. The number of halogens is 2. The summed E-state index contributed by atoms with van der Waals surface area (Å²) in [5.41, 5.74) is 2.46. The number of piperidine rings is 1. The van der Waals surface area contributed by atoms with Crippen LogP contribution in [-0.2, 0) is 0 Å². The van der Waals surface area contributed by atoms with E-state index in [4.69, 9.17) is 27.6 Å². The van der Waals surface area contributed by atoms with Crippen LogP contribution in [0.5, 0.6) is 0 Å². The van der Waals surface area contributed by atoms with Gasteiger partial charge in [0.2, 0.25) is 0 Å². The lowest BCUT2D eigenvalue weighted by atomic mass is 9.96. The molecule has 0 bridgehead atoms. The number of carbonyl (C=O) groups is 1. The minimum Gasteiger partial charge on any atom is -0.408 e. The number of rotatable bonds is 4. The van der Waals surface area contributed by atoms with Crippen LogP contribution < -0.4 is 16.0 Å². The van der Waals surface area contributed by atoms with Crippen molar-refractivity contribution in [3.05, 3.63) is 62.6 Å². The van der Waals surface area contributed by atoms with Crippen LogP contribution in [0.25, 0.3) is 11.1 Å². The fraction of sp³-hybridized carbons (Fsp3) is 0.300. The molecule has 1 aliphatic rings. The van der Waals surface area contributed by atoms with Crippen LogP contribution in [0.2, 0.25) is 10.0 Å². The molecule has 0 unspecified atom stereocenters. The Morgan fingerprint density at radius 1 is 1.14 bits per heavy atom. The third-order valence-corrected chi connectivity index (χ3v) is 5.50. The predicted molar refractivity (Wildman–Crippen MR) is 111 cm³/mol. The lowest BCUT2D eigenvalue weighted by Crippen LogP contribution is -2.38. The summed E-state index contributed by atoms with van der Waals surface area (Å²) in [7, 11) is 0. The van der Waals surface area contributed by atoms with Crippen molar-refractivity contribution in [2.24, 2.45) is 5.92 Å². The predicted octanol–water partition coefficient (Wildman–Crippen LogP) is 4.07. The van der Waals surface area contributed by atoms with Crippen LogP contribution in [0.3, 0.4) is 0 Å². The average molecular weight is 420 g/mol. The van der Waals surface area contributed by atoms with Gasteiger partial charge in [0.25, 0.3) is 5.91 Å². The number of oxazole rings is 1. The Hall–Kier alpha value is -2.44. The Morgan fingerprint density at radius 3 is 2.57 bits per heavy atom. The van der Waals surface area contributed by atoms with Gasteiger partial charge in [0.15, 0.2) is 5.58 Å². The second-order valence-electron chi connectivity index (χ2n) is 6.99. The van der Waals surface area contributed by atoms with Crippen molar-refractivity contribution in [1.82, 2.24) is 10.3 Å². The minimum absolute atomic E-state index is 0.171. The lowest BCUT2D eigenvalue weighted by molar-refractivity contribution is 0.0945. The SMILES string of the molecule is O=C(NCC1CCN(c2cc(Cl)cc(Cl)c2)CC1)c1ccc2[nH]c(=O)oc2c1. The summed E-state index contributed by atoms with van der Waals surface area (Å²) >= 11 is 12.2. The van der Waals surface area contributed by atoms with E-state index in [2.05, 4.69) is 15.2 Å². The zero-order chi connectivity index (χ0) is 19.7. The first kappa shape index (κ1) is 18.9. The molecule has 1 aromatic heterocycles. The highest BCUT2D eigenvalue weighted by molar-refractivity contribution is 6.35. The molecule has 2 aromatic carbocycles. The van der Waals surface area contributed by atoms with Crippen molar-refractivity contribution in [3.63, 3.8) is 0 Å². The second-order valence-corrected chi connectivity index (χ2v) is 7.87. The molecule has 8 heteroatoms. The number of carbonyl (C=O) groups excluding carboxylic acids is 1. The molecule has 1 fully saturated rings. The summed E-state index contributed by atoms with van der Waals surface area (Å²) in [6, 6.07) is 10.5. The van der Waals surface area contributed by atoms with E-state index in [0.717, 1.165) is 31.6 Å². The third kappa shape index (κ3) is 4.18. The zero-order valence-corrected chi connectivity index (χ0v) is 16.5. The topological polar surface area (TPSA) is 78.3 Å². The molecule has 0 spiro atoms. The van der Waals surface area contributed by atoms with Crippen LogP contribution in [0.1, 0.15) is 23.2 Å². The van der Waals surface area contributed by atoms with Crippen molar-refractivity contribution in [2.75, 3.05) is 24.5 Å². The highest BCUT2D eigenvalue weighted by Crippen LogP contribution is 2.28. The van der Waals surface area contributed by atoms with Crippen molar-refractivity contribution < 1.29 is 9.21 Å². The number of nitrogens with one attached hydrogen (secondary N) is 2. The first-order chi connectivity index (χ1) is 13.5. The largest absolute Gasteiger partial charge is 0.417 e. The summed E-state index contributed by atoms with van der Waals surface area (Å²) in [6.07, 6.45) is 1.94. The summed E-state index contributed by atoms with van der Waals surface area (Å²) in [6.45, 7) is 2.38. The number of hydrogen-bond donors (Lipinski definition) is 2. The van der Waals surface area contributed by atoms with E-state index >= 15 is 0 Å². The van der Waals surface area contributed by atoms with Gasteiger partial charge in [-0.25, -0.2) is 4.79 Å². The number of hydrogen-bond acceptors (Lipinski definition) is 4. The van der Waals surface area contributed by atoms with Gasteiger partial charge in [0.05, 0.1) is 5.52 Å². The number of fused-ring (bicyclic) bond motifs is 1. The molecule has 2 heterocycles. The van der Waals surface area contributed by atoms with Crippen molar-refractivity contribution >= 4 is 45.9 Å². The summed E-state index contributed by atoms with van der Waals surface area (Å²) in [5, 5.41) is 4.25. The molecule has 4 rings (SSSR count). The molecular weight excluding hydrogens is 401 g/mol. The van der Waals surface area contributed by atoms with Gasteiger partial charge in [0.1, 0.15) is 0 Å². The Kier molecular flexibility index (Phi) is 5.33. The van der Waals surface area contributed by atoms with Gasteiger partial charge in [-0.15, -0.1) is 0 Å². The highest BCUT2D eigenvalue weighted by Gasteiger charge is 2.21. The number of nitrogens with zero attached hydrogens (tertiary/aromatic N) is 1. The smallest absolute Gasteiger partial charge is 0.408 e. The van der Waals surface area contributed by atoms with Gasteiger partial charge >= 0.3 is 5.76 Å². The van der Waals surface area contributed by atoms with E-state index in [0.29, 0.717) is 39.2 Å². The van der Waals surface area contributed by atoms with Crippen LogP contribution in [0.15, 0.2) is 45.6 Å². The molecular formula is C20H19Cl2N3O3. The Balaban J connectivity index is 1.32. The maximum atomic E-state index is 12.4. The number of amides is 1. The van der Waals surface area contributed by atoms with Gasteiger partial charge in [-0.3, -0.25) is 9.78 Å². The second kappa shape index (κ2) is 7.89. The Bertz CT molecular complexity index is 1050. The summed E-state index contributed by atoms with van der Waals surface area (Å²) in [4.78, 5) is 28.5. The molecule has 1 aliphatic heterocycles. The third-order valence-electron chi connectivity index (χ3n) is 5.06. The maximum absolute atomic E-state index is 12.4. The first-order valence-electron chi connectivity index (χ1n) is 9.10. The van der Waals surface area contributed by atoms with E-state index in [1.165, 1.54) is 0 Å². The zero-order valence-electron chi connectivity index (χ0n) is 15.0. The first-order valence-corrected chi connectivity index (χ1v) is 9.85. The van der Waals surface area contributed by atoms with E-state index < -0.39 is 5.76 Å². The van der Waals surface area contributed by atoms with Crippen LogP contribution >= 0.6 is 23.2 Å². The lowest BCUT2D eigenvalue weighted by Gasteiger charge is -2.34. The number of benzene rings is 2. The van der Waals surface area contributed by atoms with Gasteiger partial charge in [-0.05, 0) is 55.2 Å². The fourth-order valence-corrected chi connectivity index (χ4v) is 4.06. The quantitative estimate of drug-likeness (QED) is 0.667. The van der Waals surface area contributed by atoms with Crippen LogP contribution in [-0.4, -0.2) is 30.5 Å². The molecule has 0 aliphatic carbocycles. The molecule has 3 aromatic rings. The van der Waals surface area contributed by atoms with E-state index in [1.54, 1.807) is 24.3 Å². The van der Waals surface area contributed by atoms with Gasteiger partial charge in [0, 0.05) is 40.9 Å². The van der Waals surface area contributed by atoms with Gasteiger partial charge < -0.3 is 14.6 Å². The molecule has 1 saturated heterocycles.